The highest BCUT2D eigenvalue weighted by Crippen LogP contribution is 2.50. The highest BCUT2D eigenvalue weighted by atomic mass is 32.2. The summed E-state index contributed by atoms with van der Waals surface area (Å²) < 4.78 is 11.4. The Morgan fingerprint density at radius 1 is 0.900 bits per heavy atom. The van der Waals surface area contributed by atoms with Crippen molar-refractivity contribution < 1.29 is 19.4 Å². The normalized spacial score (nSPS) is 12.7. The van der Waals surface area contributed by atoms with Gasteiger partial charge >= 0.3 is 5.97 Å². The maximum atomic E-state index is 13.3. The molecule has 0 saturated heterocycles. The van der Waals surface area contributed by atoms with Gasteiger partial charge in [-0.3, -0.25) is 9.78 Å². The first-order chi connectivity index (χ1) is 24.0. The topological polar surface area (TPSA) is 110 Å². The summed E-state index contributed by atoms with van der Waals surface area (Å²) in [5.41, 5.74) is 6.42. The Morgan fingerprint density at radius 2 is 1.62 bits per heavy atom. The summed E-state index contributed by atoms with van der Waals surface area (Å²) in [7, 11) is 1.60. The fourth-order valence-corrected chi connectivity index (χ4v) is 7.84. The van der Waals surface area contributed by atoms with Crippen molar-refractivity contribution in [3.8, 4) is 22.8 Å². The first-order valence-corrected chi connectivity index (χ1v) is 17.9. The highest BCUT2D eigenvalue weighted by molar-refractivity contribution is 8.00. The number of ether oxygens (including phenoxy) is 2. The summed E-state index contributed by atoms with van der Waals surface area (Å²) >= 11 is 1.76. The number of fused-ring (bicyclic) bond motifs is 2. The molecular weight excluding hydrogens is 645 g/mol. The monoisotopic (exact) mass is 688 g/mol. The fourth-order valence-electron chi connectivity index (χ4n) is 6.65. The number of carboxylic acids is 1. The molecule has 0 bridgehead atoms. The zero-order valence-corrected chi connectivity index (χ0v) is 30.3. The zero-order chi connectivity index (χ0) is 35.5. The van der Waals surface area contributed by atoms with E-state index < -0.39 is 11.4 Å². The van der Waals surface area contributed by atoms with Crippen molar-refractivity contribution in [1.29, 1.82) is 0 Å². The van der Waals surface area contributed by atoms with Crippen LogP contribution in [0.3, 0.4) is 0 Å². The van der Waals surface area contributed by atoms with Crippen LogP contribution in [-0.4, -0.2) is 42.9 Å². The van der Waals surface area contributed by atoms with Gasteiger partial charge in [-0.05, 0) is 66.8 Å². The van der Waals surface area contributed by atoms with Crippen LogP contribution in [0.15, 0.2) is 96.2 Å². The molecule has 258 valence electrons. The van der Waals surface area contributed by atoms with Gasteiger partial charge in [0.1, 0.15) is 12.4 Å². The first-order valence-electron chi connectivity index (χ1n) is 17.0. The molecule has 0 amide bonds. The number of pyridine rings is 1. The van der Waals surface area contributed by atoms with E-state index in [1.165, 1.54) is 0 Å². The van der Waals surface area contributed by atoms with Crippen LogP contribution in [0, 0.1) is 5.41 Å². The van der Waals surface area contributed by atoms with E-state index >= 15 is 0 Å². The maximum absolute atomic E-state index is 13.3. The summed E-state index contributed by atoms with van der Waals surface area (Å²) in [5, 5.41) is 11.9. The van der Waals surface area contributed by atoms with Crippen LogP contribution < -0.4 is 9.47 Å². The van der Waals surface area contributed by atoms with E-state index in [0.29, 0.717) is 30.9 Å². The number of thioether (sulfide) groups is 1. The molecule has 0 saturated carbocycles. The Balaban J connectivity index is 1.38. The van der Waals surface area contributed by atoms with Crippen molar-refractivity contribution in [1.82, 2.24) is 19.9 Å². The molecule has 2 N–H and O–H groups in total. The number of nitrogens with one attached hydrogen (secondary N) is 1. The van der Waals surface area contributed by atoms with Crippen molar-refractivity contribution in [2.24, 2.45) is 5.41 Å². The maximum Gasteiger partial charge on any atom is 0.310 e. The van der Waals surface area contributed by atoms with Crippen molar-refractivity contribution in [2.45, 2.75) is 76.0 Å². The summed E-state index contributed by atoms with van der Waals surface area (Å²) in [4.78, 5) is 31.7. The van der Waals surface area contributed by atoms with Gasteiger partial charge in [-0.1, -0.05) is 71.0 Å². The first kappa shape index (κ1) is 35.0. The largest absolute Gasteiger partial charge is 0.487 e. The molecule has 0 aliphatic carbocycles. The number of nitrogens with zero attached hydrogens (tertiary/aromatic N) is 3. The minimum atomic E-state index is -0.985. The minimum Gasteiger partial charge on any atom is -0.487 e. The average molecular weight is 689 g/mol. The van der Waals surface area contributed by atoms with Gasteiger partial charge in [-0.25, -0.2) is 9.97 Å². The lowest BCUT2D eigenvalue weighted by Crippen LogP contribution is -2.38. The second-order valence-electron chi connectivity index (χ2n) is 13.6. The summed E-state index contributed by atoms with van der Waals surface area (Å²) in [6, 6.07) is 26.0. The Hall–Kier alpha value is -4.89. The third kappa shape index (κ3) is 7.33. The van der Waals surface area contributed by atoms with Gasteiger partial charge in [0.15, 0.2) is 0 Å². The highest BCUT2D eigenvalue weighted by Gasteiger charge is 2.45. The van der Waals surface area contributed by atoms with E-state index in [-0.39, 0.29) is 17.3 Å². The lowest BCUT2D eigenvalue weighted by molar-refractivity contribution is -0.151. The number of benzene rings is 3. The van der Waals surface area contributed by atoms with Gasteiger partial charge in [-0.2, -0.15) is 0 Å². The number of hydrogen-bond acceptors (Lipinski definition) is 7. The van der Waals surface area contributed by atoms with Crippen molar-refractivity contribution in [2.75, 3.05) is 7.11 Å². The molecule has 0 fully saturated rings. The molecule has 0 radical (unpaired) electrons. The van der Waals surface area contributed by atoms with Crippen LogP contribution in [0.1, 0.15) is 70.3 Å². The van der Waals surface area contributed by atoms with Crippen LogP contribution in [0.2, 0.25) is 0 Å². The smallest absolute Gasteiger partial charge is 0.310 e. The third-order valence-corrected chi connectivity index (χ3v) is 10.7. The number of methoxy groups -OCH3 is 1. The Labute approximate surface area is 297 Å². The van der Waals surface area contributed by atoms with E-state index in [2.05, 4.69) is 66.1 Å². The molecule has 3 aromatic heterocycles. The number of para-hydroxylation sites is 2. The molecule has 3 heterocycles. The zero-order valence-electron chi connectivity index (χ0n) is 29.5. The number of aliphatic carboxylic acids is 1. The van der Waals surface area contributed by atoms with Gasteiger partial charge in [0.05, 0.1) is 35.4 Å². The predicted molar refractivity (Wildman–Crippen MR) is 201 cm³/mol. The van der Waals surface area contributed by atoms with Crippen molar-refractivity contribution in [3.05, 3.63) is 108 Å². The van der Waals surface area contributed by atoms with Crippen LogP contribution in [0.25, 0.3) is 33.1 Å². The van der Waals surface area contributed by atoms with Crippen LogP contribution in [-0.2, 0) is 17.8 Å². The van der Waals surface area contributed by atoms with Gasteiger partial charge in [0.25, 0.3) is 0 Å². The molecule has 0 spiro atoms. The van der Waals surface area contributed by atoms with Gasteiger partial charge in [-0.15, -0.1) is 11.8 Å². The number of carbonyl (C=O) groups is 1. The number of aromatic nitrogens is 4. The van der Waals surface area contributed by atoms with E-state index in [0.717, 1.165) is 54.9 Å². The van der Waals surface area contributed by atoms with Crippen LogP contribution >= 0.6 is 11.8 Å². The fraction of sp³-hybridized carbons (Fsp3) is 0.317. The lowest BCUT2D eigenvalue weighted by Gasteiger charge is -2.36. The van der Waals surface area contributed by atoms with E-state index in [4.69, 9.17) is 14.5 Å². The molecule has 6 aromatic rings. The van der Waals surface area contributed by atoms with Gasteiger partial charge < -0.3 is 19.6 Å². The summed E-state index contributed by atoms with van der Waals surface area (Å²) in [6.07, 6.45) is 5.10. The molecule has 9 heteroatoms. The number of carboxylic acid groups (broad SMARTS) is 1. The predicted octanol–water partition coefficient (Wildman–Crippen LogP) is 9.87. The minimum absolute atomic E-state index is 0.135. The standard InChI is InChI=1S/C41H44N4O4S/c1-7-41(8-2,39(46)47)32(21-26-13-15-27(16-14-26)28-17-20-36(48-6)43-23-28)37-38(50-40(3,4)5)31-22-30(18-19-33(31)45-37)49-25-29-24-42-34-11-9-10-12-35(34)44-29/h9-20,22-24,32,45H,7-8,21,25H2,1-6H3,(H,46,47). The lowest BCUT2D eigenvalue weighted by atomic mass is 9.67. The number of hydrogen-bond donors (Lipinski definition) is 2. The third-order valence-electron chi connectivity index (χ3n) is 9.42. The quantitative estimate of drug-likeness (QED) is 0.115. The number of H-pyrrole nitrogens is 1. The Bertz CT molecular complexity index is 2100. The molecule has 8 nitrogen and oxygen atoms in total. The summed E-state index contributed by atoms with van der Waals surface area (Å²) in [6.45, 7) is 10.8. The second-order valence-corrected chi connectivity index (χ2v) is 15.5. The Kier molecular flexibility index (Phi) is 10.2. The van der Waals surface area contributed by atoms with Crippen molar-refractivity contribution in [3.63, 3.8) is 0 Å². The van der Waals surface area contributed by atoms with E-state index in [9.17, 15) is 9.90 Å². The molecule has 0 aliphatic rings. The van der Waals surface area contributed by atoms with Crippen LogP contribution in [0.4, 0.5) is 0 Å². The molecule has 1 unspecified atom stereocenters. The van der Waals surface area contributed by atoms with E-state index in [1.807, 2.05) is 62.4 Å². The second kappa shape index (κ2) is 14.5. The van der Waals surface area contributed by atoms with Gasteiger partial charge in [0, 0.05) is 50.0 Å². The Morgan fingerprint density at radius 3 is 2.26 bits per heavy atom. The van der Waals surface area contributed by atoms with Gasteiger partial charge in [0.2, 0.25) is 5.88 Å². The average Bonchev–Trinajstić information content (AvgIpc) is 3.46. The van der Waals surface area contributed by atoms with E-state index in [1.54, 1.807) is 31.3 Å². The van der Waals surface area contributed by atoms with Crippen molar-refractivity contribution >= 4 is 39.7 Å². The molecular formula is C41H44N4O4S. The number of rotatable bonds is 13. The van der Waals surface area contributed by atoms with Crippen LogP contribution in [0.5, 0.6) is 11.6 Å². The molecule has 50 heavy (non-hydrogen) atoms. The molecule has 3 aromatic carbocycles. The molecule has 6 rings (SSSR count). The SMILES string of the molecule is CCC(CC)(C(=O)O)C(Cc1ccc(-c2ccc(OC)nc2)cc1)c1[nH]c2ccc(OCc3cnc4ccccc4n3)cc2c1SC(C)(C)C. The molecule has 0 aliphatic heterocycles. The molecule has 1 atom stereocenters. The summed E-state index contributed by atoms with van der Waals surface area (Å²) in [5.74, 6) is 0.180. The number of aromatic amines is 1.